The Balaban J connectivity index is 1.38. The summed E-state index contributed by atoms with van der Waals surface area (Å²) in [5.41, 5.74) is 0. The van der Waals surface area contributed by atoms with Gasteiger partial charge in [0.1, 0.15) is 0 Å². The quantitative estimate of drug-likeness (QED) is 0.901. The van der Waals surface area contributed by atoms with Crippen molar-refractivity contribution < 1.29 is 14.3 Å². The zero-order valence-corrected chi connectivity index (χ0v) is 14.0. The molecule has 3 saturated heterocycles. The SMILES string of the molecule is O=C(Nc1ncc(C2CCCCO2)s1)N1CCC2COCCC21. The minimum atomic E-state index is -0.0233. The summed E-state index contributed by atoms with van der Waals surface area (Å²) in [6, 6.07) is 0.301. The topological polar surface area (TPSA) is 63.7 Å². The molecule has 1 aromatic heterocycles. The van der Waals surface area contributed by atoms with Gasteiger partial charge in [-0.2, -0.15) is 0 Å². The lowest BCUT2D eigenvalue weighted by Gasteiger charge is -2.31. The number of likely N-dealkylation sites (tertiary alicyclic amines) is 1. The maximum absolute atomic E-state index is 12.6. The fourth-order valence-corrected chi connectivity index (χ4v) is 4.71. The largest absolute Gasteiger partial charge is 0.381 e. The molecule has 2 amide bonds. The standard InChI is InChI=1S/C16H23N3O3S/c20-16(19-6-4-11-10-21-8-5-12(11)19)18-15-17-9-14(23-15)13-3-1-2-7-22-13/h9,11-13H,1-8,10H2,(H,17,18,20). The molecular weight excluding hydrogens is 314 g/mol. The molecule has 0 aliphatic carbocycles. The molecule has 4 heterocycles. The number of aromatic nitrogens is 1. The number of carbonyl (C=O) groups is 1. The Morgan fingerprint density at radius 3 is 3.13 bits per heavy atom. The van der Waals surface area contributed by atoms with E-state index in [1.54, 1.807) is 0 Å². The van der Waals surface area contributed by atoms with Crippen molar-refractivity contribution in [2.75, 3.05) is 31.7 Å². The second-order valence-corrected chi connectivity index (χ2v) is 7.59. The molecule has 0 saturated carbocycles. The van der Waals surface area contributed by atoms with Gasteiger partial charge >= 0.3 is 6.03 Å². The van der Waals surface area contributed by atoms with Gasteiger partial charge in [0.05, 0.1) is 17.6 Å². The number of hydrogen-bond acceptors (Lipinski definition) is 5. The van der Waals surface area contributed by atoms with Crippen molar-refractivity contribution in [1.82, 2.24) is 9.88 Å². The summed E-state index contributed by atoms with van der Waals surface area (Å²) in [5.74, 6) is 0.497. The molecule has 0 bridgehead atoms. The molecule has 0 spiro atoms. The molecule has 1 N–H and O–H groups in total. The third kappa shape index (κ3) is 3.22. The molecule has 1 aromatic rings. The monoisotopic (exact) mass is 337 g/mol. The van der Waals surface area contributed by atoms with Gasteiger partial charge in [-0.15, -0.1) is 0 Å². The highest BCUT2D eigenvalue weighted by Gasteiger charge is 2.39. The van der Waals surface area contributed by atoms with Gasteiger partial charge in [-0.3, -0.25) is 5.32 Å². The van der Waals surface area contributed by atoms with E-state index in [4.69, 9.17) is 9.47 Å². The number of urea groups is 1. The van der Waals surface area contributed by atoms with Crippen LogP contribution in [0.15, 0.2) is 6.20 Å². The molecule has 0 radical (unpaired) electrons. The predicted molar refractivity (Wildman–Crippen MR) is 87.7 cm³/mol. The molecule has 23 heavy (non-hydrogen) atoms. The summed E-state index contributed by atoms with van der Waals surface area (Å²) in [5, 5.41) is 3.65. The average Bonchev–Trinajstić information content (AvgIpc) is 3.22. The van der Waals surface area contributed by atoms with Crippen molar-refractivity contribution in [2.45, 2.75) is 44.2 Å². The van der Waals surface area contributed by atoms with Crippen molar-refractivity contribution in [3.63, 3.8) is 0 Å². The van der Waals surface area contributed by atoms with E-state index in [9.17, 15) is 4.79 Å². The number of hydrogen-bond donors (Lipinski definition) is 1. The summed E-state index contributed by atoms with van der Waals surface area (Å²) in [6.07, 6.45) is 7.36. The van der Waals surface area contributed by atoms with Crippen molar-refractivity contribution in [3.8, 4) is 0 Å². The average molecular weight is 337 g/mol. The van der Waals surface area contributed by atoms with E-state index < -0.39 is 0 Å². The number of nitrogens with zero attached hydrogens (tertiary/aromatic N) is 2. The van der Waals surface area contributed by atoms with E-state index in [0.29, 0.717) is 17.1 Å². The second-order valence-electron chi connectivity index (χ2n) is 6.53. The van der Waals surface area contributed by atoms with E-state index in [1.807, 2.05) is 11.1 Å². The Kier molecular flexibility index (Phi) is 4.50. The van der Waals surface area contributed by atoms with Gasteiger partial charge in [0.25, 0.3) is 0 Å². The van der Waals surface area contributed by atoms with E-state index in [1.165, 1.54) is 17.8 Å². The number of rotatable bonds is 2. The number of ether oxygens (including phenoxy) is 2. The highest BCUT2D eigenvalue weighted by molar-refractivity contribution is 7.15. The minimum absolute atomic E-state index is 0.0233. The van der Waals surface area contributed by atoms with Gasteiger partial charge < -0.3 is 14.4 Å². The van der Waals surface area contributed by atoms with Crippen LogP contribution in [-0.4, -0.2) is 48.3 Å². The van der Waals surface area contributed by atoms with Crippen LogP contribution in [0.3, 0.4) is 0 Å². The Labute approximate surface area is 140 Å². The van der Waals surface area contributed by atoms with Crippen LogP contribution in [0.25, 0.3) is 0 Å². The number of fused-ring (bicyclic) bond motifs is 1. The van der Waals surface area contributed by atoms with E-state index >= 15 is 0 Å². The molecule has 7 heteroatoms. The lowest BCUT2D eigenvalue weighted by atomic mass is 9.97. The summed E-state index contributed by atoms with van der Waals surface area (Å²) in [6.45, 7) is 3.18. The van der Waals surface area contributed by atoms with Crippen LogP contribution in [0.4, 0.5) is 9.93 Å². The molecule has 6 nitrogen and oxygen atoms in total. The molecule has 3 unspecified atom stereocenters. The lowest BCUT2D eigenvalue weighted by molar-refractivity contribution is 0.0171. The van der Waals surface area contributed by atoms with Crippen molar-refractivity contribution in [3.05, 3.63) is 11.1 Å². The maximum atomic E-state index is 12.6. The third-order valence-electron chi connectivity index (χ3n) is 5.07. The first-order chi connectivity index (χ1) is 11.3. The lowest BCUT2D eigenvalue weighted by Crippen LogP contribution is -2.43. The summed E-state index contributed by atoms with van der Waals surface area (Å²) < 4.78 is 11.3. The van der Waals surface area contributed by atoms with Crippen molar-refractivity contribution >= 4 is 22.5 Å². The summed E-state index contributed by atoms with van der Waals surface area (Å²) in [7, 11) is 0. The Hall–Kier alpha value is -1.18. The molecule has 3 aliphatic heterocycles. The van der Waals surface area contributed by atoms with Gasteiger partial charge in [0, 0.05) is 37.9 Å². The highest BCUT2D eigenvalue weighted by Crippen LogP contribution is 2.34. The number of anilines is 1. The minimum Gasteiger partial charge on any atom is -0.381 e. The van der Waals surface area contributed by atoms with Crippen LogP contribution in [0.1, 0.15) is 43.1 Å². The fraction of sp³-hybridized carbons (Fsp3) is 0.750. The molecule has 4 rings (SSSR count). The number of thiazole rings is 1. The Bertz CT molecular complexity index is 559. The Morgan fingerprint density at radius 1 is 1.30 bits per heavy atom. The van der Waals surface area contributed by atoms with Crippen LogP contribution in [-0.2, 0) is 9.47 Å². The van der Waals surface area contributed by atoms with Crippen LogP contribution >= 0.6 is 11.3 Å². The molecule has 3 fully saturated rings. The predicted octanol–water partition coefficient (Wildman–Crippen LogP) is 3.03. The maximum Gasteiger partial charge on any atom is 0.323 e. The number of amides is 2. The van der Waals surface area contributed by atoms with Crippen LogP contribution in [0.2, 0.25) is 0 Å². The van der Waals surface area contributed by atoms with E-state index in [0.717, 1.165) is 56.9 Å². The van der Waals surface area contributed by atoms with E-state index in [2.05, 4.69) is 10.3 Å². The van der Waals surface area contributed by atoms with Gasteiger partial charge in [0.15, 0.2) is 5.13 Å². The first-order valence-corrected chi connectivity index (χ1v) is 9.35. The van der Waals surface area contributed by atoms with Crippen molar-refractivity contribution in [2.24, 2.45) is 5.92 Å². The molecule has 3 aliphatic rings. The van der Waals surface area contributed by atoms with Gasteiger partial charge in [-0.1, -0.05) is 11.3 Å². The highest BCUT2D eigenvalue weighted by atomic mass is 32.1. The zero-order chi connectivity index (χ0) is 15.6. The third-order valence-corrected chi connectivity index (χ3v) is 6.08. The van der Waals surface area contributed by atoms with Gasteiger partial charge in [-0.25, -0.2) is 9.78 Å². The van der Waals surface area contributed by atoms with E-state index in [-0.39, 0.29) is 12.1 Å². The Morgan fingerprint density at radius 2 is 2.26 bits per heavy atom. The summed E-state index contributed by atoms with van der Waals surface area (Å²) in [4.78, 5) is 20.0. The first-order valence-electron chi connectivity index (χ1n) is 8.54. The zero-order valence-electron chi connectivity index (χ0n) is 13.2. The molecule has 3 atom stereocenters. The first kappa shape index (κ1) is 15.4. The van der Waals surface area contributed by atoms with Gasteiger partial charge in [0.2, 0.25) is 0 Å². The van der Waals surface area contributed by atoms with Crippen LogP contribution < -0.4 is 5.32 Å². The summed E-state index contributed by atoms with van der Waals surface area (Å²) >= 11 is 1.54. The van der Waals surface area contributed by atoms with Crippen LogP contribution in [0.5, 0.6) is 0 Å². The normalized spacial score (nSPS) is 31.0. The molecule has 126 valence electrons. The molecular formula is C16H23N3O3S. The fourth-order valence-electron chi connectivity index (χ4n) is 3.82. The van der Waals surface area contributed by atoms with Crippen LogP contribution in [0, 0.1) is 5.92 Å². The molecule has 0 aromatic carbocycles. The van der Waals surface area contributed by atoms with Gasteiger partial charge in [-0.05, 0) is 32.1 Å². The number of nitrogens with one attached hydrogen (secondary N) is 1. The van der Waals surface area contributed by atoms with Crippen molar-refractivity contribution in [1.29, 1.82) is 0 Å². The second kappa shape index (κ2) is 6.75. The number of carbonyl (C=O) groups excluding carboxylic acids is 1. The smallest absolute Gasteiger partial charge is 0.323 e.